The molecule has 0 atom stereocenters. The fourth-order valence-corrected chi connectivity index (χ4v) is 1.97. The van der Waals surface area contributed by atoms with Gasteiger partial charge in [0.05, 0.1) is 6.54 Å². The van der Waals surface area contributed by atoms with Gasteiger partial charge in [0.1, 0.15) is 10.6 Å². The van der Waals surface area contributed by atoms with Crippen molar-refractivity contribution in [2.24, 2.45) is 0 Å². The average Bonchev–Trinajstić information content (AvgIpc) is 2.72. The highest BCUT2D eigenvalue weighted by Gasteiger charge is 2.34. The summed E-state index contributed by atoms with van der Waals surface area (Å²) in [5, 5.41) is 2.29. The fraction of sp³-hybridized carbons (Fsp3) is 0.200. The van der Waals surface area contributed by atoms with Crippen LogP contribution in [0, 0.1) is 0 Å². The van der Waals surface area contributed by atoms with Crippen molar-refractivity contribution in [1.82, 2.24) is 9.55 Å². The van der Waals surface area contributed by atoms with Crippen LogP contribution in [0.5, 0.6) is 0 Å². The van der Waals surface area contributed by atoms with Crippen molar-refractivity contribution < 1.29 is 13.2 Å². The van der Waals surface area contributed by atoms with Gasteiger partial charge in [-0.1, -0.05) is 0 Å². The average molecular weight is 260 g/mol. The van der Waals surface area contributed by atoms with E-state index in [4.69, 9.17) is 0 Å². The lowest BCUT2D eigenvalue weighted by atomic mass is 10.2. The van der Waals surface area contributed by atoms with E-state index in [0.29, 0.717) is 5.01 Å². The molecule has 0 N–H and O–H groups in total. The molecule has 2 rings (SSSR count). The molecule has 2 aromatic heterocycles. The Morgan fingerprint density at radius 3 is 2.76 bits per heavy atom. The van der Waals surface area contributed by atoms with Gasteiger partial charge in [0.2, 0.25) is 0 Å². The third-order valence-corrected chi connectivity index (χ3v) is 2.88. The van der Waals surface area contributed by atoms with Gasteiger partial charge in [0.25, 0.3) is 5.56 Å². The molecule has 0 aromatic carbocycles. The highest BCUT2D eigenvalue weighted by atomic mass is 32.1. The summed E-state index contributed by atoms with van der Waals surface area (Å²) in [4.78, 5) is 15.5. The van der Waals surface area contributed by atoms with E-state index in [-0.39, 0.29) is 6.54 Å². The number of alkyl halides is 3. The van der Waals surface area contributed by atoms with Crippen LogP contribution in [-0.4, -0.2) is 9.55 Å². The predicted octanol–water partition coefficient (Wildman–Crippen LogP) is 2.37. The van der Waals surface area contributed by atoms with Gasteiger partial charge < -0.3 is 4.57 Å². The van der Waals surface area contributed by atoms with Crippen LogP contribution < -0.4 is 5.56 Å². The lowest BCUT2D eigenvalue weighted by molar-refractivity contribution is -0.138. The zero-order valence-electron chi connectivity index (χ0n) is 8.44. The van der Waals surface area contributed by atoms with Crippen molar-refractivity contribution in [3.8, 4) is 0 Å². The molecule has 3 nitrogen and oxygen atoms in total. The summed E-state index contributed by atoms with van der Waals surface area (Å²) in [6, 6.07) is 1.98. The van der Waals surface area contributed by atoms with Crippen LogP contribution in [0.4, 0.5) is 13.2 Å². The maximum Gasteiger partial charge on any atom is 0.421 e. The summed E-state index contributed by atoms with van der Waals surface area (Å²) in [7, 11) is 0. The van der Waals surface area contributed by atoms with Crippen LogP contribution in [0.25, 0.3) is 0 Å². The van der Waals surface area contributed by atoms with Gasteiger partial charge >= 0.3 is 6.18 Å². The summed E-state index contributed by atoms with van der Waals surface area (Å²) >= 11 is 1.29. The van der Waals surface area contributed by atoms with Crippen LogP contribution in [0.15, 0.2) is 34.7 Å². The van der Waals surface area contributed by atoms with Gasteiger partial charge in [-0.15, -0.1) is 11.3 Å². The van der Waals surface area contributed by atoms with E-state index in [1.54, 1.807) is 11.6 Å². The Kier molecular flexibility index (Phi) is 3.01. The summed E-state index contributed by atoms with van der Waals surface area (Å²) in [6.07, 6.45) is -1.76. The van der Waals surface area contributed by atoms with E-state index in [1.165, 1.54) is 23.6 Å². The zero-order valence-corrected chi connectivity index (χ0v) is 9.26. The second kappa shape index (κ2) is 4.33. The van der Waals surface area contributed by atoms with Crippen molar-refractivity contribution in [2.75, 3.05) is 0 Å². The minimum atomic E-state index is -4.62. The molecule has 0 saturated heterocycles. The molecule has 7 heteroatoms. The van der Waals surface area contributed by atoms with Crippen molar-refractivity contribution in [2.45, 2.75) is 12.7 Å². The molecule has 2 heterocycles. The van der Waals surface area contributed by atoms with Gasteiger partial charge in [-0.3, -0.25) is 4.79 Å². The predicted molar refractivity (Wildman–Crippen MR) is 56.9 cm³/mol. The molecule has 0 aliphatic heterocycles. The monoisotopic (exact) mass is 260 g/mol. The standard InChI is InChI=1S/C10H7F3N2OS/c11-10(12,13)7-2-1-4-15(9(7)16)6-8-14-3-5-17-8/h1-5H,6H2. The summed E-state index contributed by atoms with van der Waals surface area (Å²) in [5.41, 5.74) is -2.20. The van der Waals surface area contributed by atoms with Crippen molar-refractivity contribution >= 4 is 11.3 Å². The highest BCUT2D eigenvalue weighted by molar-refractivity contribution is 7.09. The molecule has 2 aromatic rings. The Hall–Kier alpha value is -1.63. The number of aromatic nitrogens is 2. The van der Waals surface area contributed by atoms with E-state index < -0.39 is 17.3 Å². The van der Waals surface area contributed by atoms with Gasteiger partial charge in [0.15, 0.2) is 0 Å². The third-order valence-electron chi connectivity index (χ3n) is 2.11. The van der Waals surface area contributed by atoms with Crippen LogP contribution in [-0.2, 0) is 12.7 Å². The Balaban J connectivity index is 2.40. The van der Waals surface area contributed by atoms with Gasteiger partial charge in [-0.2, -0.15) is 13.2 Å². The Morgan fingerprint density at radius 1 is 1.41 bits per heavy atom. The van der Waals surface area contributed by atoms with E-state index in [2.05, 4.69) is 4.98 Å². The normalized spacial score (nSPS) is 11.7. The fourth-order valence-electron chi connectivity index (χ4n) is 1.35. The Bertz CT molecular complexity index is 560. The van der Waals surface area contributed by atoms with E-state index in [9.17, 15) is 18.0 Å². The smallest absolute Gasteiger partial charge is 0.308 e. The van der Waals surface area contributed by atoms with Crippen molar-refractivity contribution in [1.29, 1.82) is 0 Å². The lowest BCUT2D eigenvalue weighted by Crippen LogP contribution is -2.28. The minimum absolute atomic E-state index is 0.0560. The topological polar surface area (TPSA) is 34.9 Å². The molecule has 0 radical (unpaired) electrons. The maximum atomic E-state index is 12.5. The maximum absolute atomic E-state index is 12.5. The highest BCUT2D eigenvalue weighted by Crippen LogP contribution is 2.26. The first-order chi connectivity index (χ1) is 7.98. The minimum Gasteiger partial charge on any atom is -0.308 e. The van der Waals surface area contributed by atoms with Gasteiger partial charge in [-0.25, -0.2) is 4.98 Å². The largest absolute Gasteiger partial charge is 0.421 e. The summed E-state index contributed by atoms with van der Waals surface area (Å²) in [5.74, 6) is 0. The Labute approximate surface area is 98.2 Å². The van der Waals surface area contributed by atoms with Crippen LogP contribution in [0.3, 0.4) is 0 Å². The third kappa shape index (κ3) is 2.55. The number of nitrogens with zero attached hydrogens (tertiary/aromatic N) is 2. The molecule has 17 heavy (non-hydrogen) atoms. The van der Waals surface area contributed by atoms with E-state index >= 15 is 0 Å². The van der Waals surface area contributed by atoms with Gasteiger partial charge in [0, 0.05) is 17.8 Å². The number of hydrogen-bond acceptors (Lipinski definition) is 3. The second-order valence-electron chi connectivity index (χ2n) is 3.28. The van der Waals surface area contributed by atoms with Crippen molar-refractivity contribution in [3.05, 3.63) is 50.8 Å². The van der Waals surface area contributed by atoms with E-state index in [1.807, 2.05) is 0 Å². The summed E-state index contributed by atoms with van der Waals surface area (Å²) < 4.78 is 38.4. The van der Waals surface area contributed by atoms with E-state index in [0.717, 1.165) is 10.6 Å². The number of rotatable bonds is 2. The summed E-state index contributed by atoms with van der Waals surface area (Å²) in [6.45, 7) is 0.0560. The lowest BCUT2D eigenvalue weighted by Gasteiger charge is -2.08. The van der Waals surface area contributed by atoms with Gasteiger partial charge in [-0.05, 0) is 12.1 Å². The van der Waals surface area contributed by atoms with Crippen LogP contribution in [0.2, 0.25) is 0 Å². The first-order valence-corrected chi connectivity index (χ1v) is 5.51. The molecule has 0 amide bonds. The molecule has 0 spiro atoms. The zero-order chi connectivity index (χ0) is 12.5. The molecule has 0 saturated carbocycles. The number of thiazole rings is 1. The second-order valence-corrected chi connectivity index (χ2v) is 4.26. The first kappa shape index (κ1) is 11.8. The van der Waals surface area contributed by atoms with Crippen LogP contribution in [0.1, 0.15) is 10.6 Å². The molecule has 0 aliphatic carbocycles. The number of halogens is 3. The quantitative estimate of drug-likeness (QED) is 0.831. The molecule has 0 unspecified atom stereocenters. The first-order valence-electron chi connectivity index (χ1n) is 4.63. The molecule has 90 valence electrons. The SMILES string of the molecule is O=c1c(C(F)(F)F)cccn1Cc1nccs1. The molecular formula is C10H7F3N2OS. The molecular weight excluding hydrogens is 253 g/mol. The molecule has 0 aliphatic rings. The number of hydrogen-bond donors (Lipinski definition) is 0. The number of pyridine rings is 1. The molecule has 0 fully saturated rings. The van der Waals surface area contributed by atoms with Crippen LogP contribution >= 0.6 is 11.3 Å². The Morgan fingerprint density at radius 2 is 2.18 bits per heavy atom. The van der Waals surface area contributed by atoms with Crippen molar-refractivity contribution in [3.63, 3.8) is 0 Å². The molecule has 0 bridgehead atoms.